The summed E-state index contributed by atoms with van der Waals surface area (Å²) in [6.07, 6.45) is 4.74. The highest BCUT2D eigenvalue weighted by molar-refractivity contribution is 7.80. The number of hydrogen-bond acceptors (Lipinski definition) is 3. The zero-order chi connectivity index (χ0) is 18.9. The van der Waals surface area contributed by atoms with E-state index in [0.717, 1.165) is 52.1 Å². The van der Waals surface area contributed by atoms with Crippen LogP contribution in [0.25, 0.3) is 21.8 Å². The van der Waals surface area contributed by atoms with Crippen LogP contribution in [-0.4, -0.2) is 33.1 Å². The lowest BCUT2D eigenvalue weighted by atomic mass is 9.99. The van der Waals surface area contributed by atoms with Crippen LogP contribution in [0.4, 0.5) is 5.69 Å². The van der Waals surface area contributed by atoms with Crippen LogP contribution in [-0.2, 0) is 0 Å². The number of nitrogens with one attached hydrogen (secondary N) is 1. The Morgan fingerprint density at radius 3 is 2.61 bits per heavy atom. The van der Waals surface area contributed by atoms with E-state index in [1.165, 1.54) is 5.56 Å². The Hall–Kier alpha value is -3.05. The van der Waals surface area contributed by atoms with Gasteiger partial charge in [0.15, 0.2) is 5.11 Å². The SMILES string of the molecule is S=C(Nc1cc2cccnc2c2ncccc12)N1CC[C@@H](c2ccccc2)C1. The number of benzene rings is 2. The van der Waals surface area contributed by atoms with Gasteiger partial charge in [-0.15, -0.1) is 0 Å². The van der Waals surface area contributed by atoms with Crippen molar-refractivity contribution in [1.82, 2.24) is 14.9 Å². The molecule has 0 amide bonds. The summed E-state index contributed by atoms with van der Waals surface area (Å²) in [7, 11) is 0. The molecule has 5 heteroatoms. The van der Waals surface area contributed by atoms with Gasteiger partial charge < -0.3 is 10.2 Å². The van der Waals surface area contributed by atoms with Gasteiger partial charge in [0.25, 0.3) is 0 Å². The van der Waals surface area contributed by atoms with Gasteiger partial charge in [0.1, 0.15) is 0 Å². The Morgan fingerprint density at radius 1 is 0.964 bits per heavy atom. The molecular weight excluding hydrogens is 364 g/mol. The number of pyridine rings is 2. The van der Waals surface area contributed by atoms with Crippen LogP contribution in [0.1, 0.15) is 17.9 Å². The first-order valence-corrected chi connectivity index (χ1v) is 9.94. The topological polar surface area (TPSA) is 41.1 Å². The summed E-state index contributed by atoms with van der Waals surface area (Å²) in [4.78, 5) is 11.4. The third-order valence-corrected chi connectivity index (χ3v) is 5.81. The van der Waals surface area contributed by atoms with Gasteiger partial charge in [-0.25, -0.2) is 0 Å². The molecular formula is C23H20N4S. The quantitative estimate of drug-likeness (QED) is 0.390. The minimum Gasteiger partial charge on any atom is -0.348 e. The molecule has 0 bridgehead atoms. The number of likely N-dealkylation sites (tertiary alicyclic amines) is 1. The molecule has 3 heterocycles. The Morgan fingerprint density at radius 2 is 1.75 bits per heavy atom. The van der Waals surface area contributed by atoms with Crippen molar-refractivity contribution in [1.29, 1.82) is 0 Å². The Labute approximate surface area is 169 Å². The predicted octanol–water partition coefficient (Wildman–Crippen LogP) is 4.97. The summed E-state index contributed by atoms with van der Waals surface area (Å²) in [5.41, 5.74) is 4.19. The van der Waals surface area contributed by atoms with E-state index in [-0.39, 0.29) is 0 Å². The van der Waals surface area contributed by atoms with Crippen molar-refractivity contribution in [2.24, 2.45) is 0 Å². The lowest BCUT2D eigenvalue weighted by Gasteiger charge is -2.21. The van der Waals surface area contributed by atoms with E-state index in [1.54, 1.807) is 0 Å². The van der Waals surface area contributed by atoms with Crippen LogP contribution in [0.2, 0.25) is 0 Å². The molecule has 2 aromatic heterocycles. The largest absolute Gasteiger partial charge is 0.348 e. The number of fused-ring (bicyclic) bond motifs is 3. The number of thiocarbonyl (C=S) groups is 1. The first kappa shape index (κ1) is 17.1. The van der Waals surface area contributed by atoms with Gasteiger partial charge in [0.05, 0.1) is 16.7 Å². The lowest BCUT2D eigenvalue weighted by Crippen LogP contribution is -2.32. The lowest BCUT2D eigenvalue weighted by molar-refractivity contribution is 0.519. The van der Waals surface area contributed by atoms with Gasteiger partial charge in [0, 0.05) is 42.2 Å². The number of anilines is 1. The zero-order valence-electron chi connectivity index (χ0n) is 15.4. The van der Waals surface area contributed by atoms with Crippen molar-refractivity contribution in [2.75, 3.05) is 18.4 Å². The molecule has 1 N–H and O–H groups in total. The molecule has 138 valence electrons. The molecule has 0 spiro atoms. The van der Waals surface area contributed by atoms with Crippen molar-refractivity contribution in [3.05, 3.63) is 78.6 Å². The summed E-state index contributed by atoms with van der Waals surface area (Å²) in [6, 6.07) is 20.8. The van der Waals surface area contributed by atoms with E-state index in [4.69, 9.17) is 12.2 Å². The fourth-order valence-corrected chi connectivity index (χ4v) is 4.29. The van der Waals surface area contributed by atoms with Crippen LogP contribution < -0.4 is 5.32 Å². The average molecular weight is 385 g/mol. The number of nitrogens with zero attached hydrogens (tertiary/aromatic N) is 3. The highest BCUT2D eigenvalue weighted by Crippen LogP contribution is 2.31. The van der Waals surface area contributed by atoms with Crippen molar-refractivity contribution in [3.63, 3.8) is 0 Å². The third kappa shape index (κ3) is 3.08. The highest BCUT2D eigenvalue weighted by Gasteiger charge is 2.25. The maximum absolute atomic E-state index is 5.76. The second-order valence-corrected chi connectivity index (χ2v) is 7.56. The van der Waals surface area contributed by atoms with Crippen molar-refractivity contribution in [2.45, 2.75) is 12.3 Å². The summed E-state index contributed by atoms with van der Waals surface area (Å²) >= 11 is 5.76. The molecule has 0 saturated carbocycles. The maximum atomic E-state index is 5.76. The second-order valence-electron chi connectivity index (χ2n) is 7.17. The molecule has 1 saturated heterocycles. The molecule has 4 aromatic rings. The van der Waals surface area contributed by atoms with E-state index in [0.29, 0.717) is 5.92 Å². The zero-order valence-corrected chi connectivity index (χ0v) is 16.2. The second kappa shape index (κ2) is 7.17. The van der Waals surface area contributed by atoms with Crippen molar-refractivity contribution in [3.8, 4) is 0 Å². The predicted molar refractivity (Wildman–Crippen MR) is 119 cm³/mol. The van der Waals surface area contributed by atoms with E-state index in [2.05, 4.69) is 68.7 Å². The van der Waals surface area contributed by atoms with Crippen LogP contribution in [0.3, 0.4) is 0 Å². The third-order valence-electron chi connectivity index (χ3n) is 5.45. The van der Waals surface area contributed by atoms with Crippen molar-refractivity contribution < 1.29 is 0 Å². The smallest absolute Gasteiger partial charge is 0.173 e. The van der Waals surface area contributed by atoms with Gasteiger partial charge in [-0.2, -0.15) is 0 Å². The Bertz CT molecular complexity index is 1160. The van der Waals surface area contributed by atoms with Gasteiger partial charge in [-0.05, 0) is 48.5 Å². The molecule has 28 heavy (non-hydrogen) atoms. The molecule has 4 nitrogen and oxygen atoms in total. The monoisotopic (exact) mass is 384 g/mol. The standard InChI is InChI=1S/C23H20N4S/c28-23(27-13-10-18(15-27)16-6-2-1-3-7-16)26-20-14-17-8-4-11-24-21(17)22-19(20)9-5-12-25-22/h1-9,11-12,14,18H,10,13,15H2,(H,26,28)/t18-/m1/s1. The molecule has 2 aromatic carbocycles. The molecule has 1 fully saturated rings. The van der Waals surface area contributed by atoms with Gasteiger partial charge in [-0.3, -0.25) is 9.97 Å². The van der Waals surface area contributed by atoms with E-state index >= 15 is 0 Å². The summed E-state index contributed by atoms with van der Waals surface area (Å²) in [5.74, 6) is 0.528. The maximum Gasteiger partial charge on any atom is 0.173 e. The summed E-state index contributed by atoms with van der Waals surface area (Å²) < 4.78 is 0. The van der Waals surface area contributed by atoms with E-state index in [9.17, 15) is 0 Å². The summed E-state index contributed by atoms with van der Waals surface area (Å²) in [5, 5.41) is 6.35. The highest BCUT2D eigenvalue weighted by atomic mass is 32.1. The number of aromatic nitrogens is 2. The first-order chi connectivity index (χ1) is 13.8. The molecule has 0 aliphatic carbocycles. The number of rotatable bonds is 2. The van der Waals surface area contributed by atoms with Crippen LogP contribution in [0.15, 0.2) is 73.1 Å². The molecule has 5 rings (SSSR count). The fraction of sp³-hybridized carbons (Fsp3) is 0.174. The van der Waals surface area contributed by atoms with E-state index in [1.807, 2.05) is 24.5 Å². The van der Waals surface area contributed by atoms with Gasteiger partial charge >= 0.3 is 0 Å². The van der Waals surface area contributed by atoms with Crippen LogP contribution >= 0.6 is 12.2 Å². The van der Waals surface area contributed by atoms with Crippen molar-refractivity contribution >= 4 is 44.8 Å². The minimum atomic E-state index is 0.528. The normalized spacial score (nSPS) is 16.6. The van der Waals surface area contributed by atoms with Crippen LogP contribution in [0.5, 0.6) is 0 Å². The first-order valence-electron chi connectivity index (χ1n) is 9.53. The van der Waals surface area contributed by atoms with E-state index < -0.39 is 0 Å². The fourth-order valence-electron chi connectivity index (χ4n) is 4.02. The minimum absolute atomic E-state index is 0.528. The Kier molecular flexibility index (Phi) is 4.37. The molecule has 1 atom stereocenters. The Balaban J connectivity index is 1.43. The summed E-state index contributed by atoms with van der Waals surface area (Å²) in [6.45, 7) is 1.91. The van der Waals surface area contributed by atoms with Gasteiger partial charge in [-0.1, -0.05) is 36.4 Å². The van der Waals surface area contributed by atoms with Crippen LogP contribution in [0, 0.1) is 0 Å². The van der Waals surface area contributed by atoms with Gasteiger partial charge in [0.2, 0.25) is 0 Å². The number of hydrogen-bond donors (Lipinski definition) is 1. The molecule has 1 aliphatic rings. The molecule has 0 radical (unpaired) electrons. The molecule has 1 aliphatic heterocycles. The molecule has 0 unspecified atom stereocenters. The average Bonchev–Trinajstić information content (AvgIpc) is 3.25.